The van der Waals surface area contributed by atoms with Crippen molar-refractivity contribution in [2.24, 2.45) is 5.73 Å². The van der Waals surface area contributed by atoms with E-state index in [1.54, 1.807) is 24.7 Å². The Morgan fingerprint density at radius 1 is 1.33 bits per heavy atom. The lowest BCUT2D eigenvalue weighted by atomic mass is 10.1. The van der Waals surface area contributed by atoms with Gasteiger partial charge in [-0.25, -0.2) is 4.98 Å². The topological polar surface area (TPSA) is 84.9 Å². The third kappa shape index (κ3) is 2.08. The van der Waals surface area contributed by atoms with Crippen molar-refractivity contribution in [2.45, 2.75) is 12.5 Å². The second-order valence-corrected chi connectivity index (χ2v) is 3.28. The van der Waals surface area contributed by atoms with Crippen molar-refractivity contribution < 1.29 is 5.11 Å². The van der Waals surface area contributed by atoms with Crippen LogP contribution in [-0.2, 0) is 0 Å². The van der Waals surface area contributed by atoms with Gasteiger partial charge in [-0.2, -0.15) is 0 Å². The molecule has 1 atom stereocenters. The Hall–Kier alpha value is -1.59. The van der Waals surface area contributed by atoms with Crippen molar-refractivity contribution in [2.75, 3.05) is 6.61 Å². The highest BCUT2D eigenvalue weighted by molar-refractivity contribution is 5.72. The summed E-state index contributed by atoms with van der Waals surface area (Å²) in [5, 5.41) is 8.77. The second-order valence-electron chi connectivity index (χ2n) is 3.28. The Balaban J connectivity index is 2.38. The number of nitrogens with zero attached hydrogens (tertiary/aromatic N) is 3. The van der Waals surface area contributed by atoms with E-state index in [9.17, 15) is 0 Å². The van der Waals surface area contributed by atoms with E-state index in [-0.39, 0.29) is 12.6 Å². The van der Waals surface area contributed by atoms with Crippen LogP contribution in [0.15, 0.2) is 24.7 Å². The van der Waals surface area contributed by atoms with Crippen molar-refractivity contribution in [1.82, 2.24) is 15.0 Å². The summed E-state index contributed by atoms with van der Waals surface area (Å²) in [6, 6.07) is 1.52. The highest BCUT2D eigenvalue weighted by Gasteiger charge is 2.08. The molecule has 3 N–H and O–H groups in total. The molecule has 2 aromatic rings. The fraction of sp³-hybridized carbons (Fsp3) is 0.300. The van der Waals surface area contributed by atoms with Gasteiger partial charge in [-0.15, -0.1) is 0 Å². The van der Waals surface area contributed by atoms with Crippen LogP contribution < -0.4 is 5.73 Å². The van der Waals surface area contributed by atoms with Gasteiger partial charge in [-0.3, -0.25) is 9.97 Å². The van der Waals surface area contributed by atoms with E-state index >= 15 is 0 Å². The maximum Gasteiger partial charge on any atom is 0.107 e. The average molecular weight is 204 g/mol. The van der Waals surface area contributed by atoms with Crippen LogP contribution in [-0.4, -0.2) is 26.7 Å². The normalized spacial score (nSPS) is 12.9. The van der Waals surface area contributed by atoms with Crippen LogP contribution in [0.5, 0.6) is 0 Å². The minimum Gasteiger partial charge on any atom is -0.396 e. The molecule has 0 fully saturated rings. The van der Waals surface area contributed by atoms with Crippen LogP contribution in [0.2, 0.25) is 0 Å². The van der Waals surface area contributed by atoms with Crippen LogP contribution in [0.25, 0.3) is 11.0 Å². The van der Waals surface area contributed by atoms with E-state index in [1.165, 1.54) is 0 Å². The first-order valence-electron chi connectivity index (χ1n) is 4.74. The van der Waals surface area contributed by atoms with Crippen molar-refractivity contribution in [1.29, 1.82) is 0 Å². The maximum absolute atomic E-state index is 8.77. The summed E-state index contributed by atoms with van der Waals surface area (Å²) in [6.07, 6.45) is 5.45. The summed E-state index contributed by atoms with van der Waals surface area (Å²) in [6.45, 7) is 0.0495. The number of aliphatic hydroxyl groups excluding tert-OH is 1. The molecule has 0 amide bonds. The third-order valence-corrected chi connectivity index (χ3v) is 2.18. The molecule has 0 aliphatic heterocycles. The highest BCUT2D eigenvalue weighted by Crippen LogP contribution is 2.13. The molecule has 0 spiro atoms. The predicted octanol–water partition coefficient (Wildman–Crippen LogP) is 0.407. The predicted molar refractivity (Wildman–Crippen MR) is 56.0 cm³/mol. The van der Waals surface area contributed by atoms with E-state index in [1.807, 2.05) is 0 Å². The fourth-order valence-corrected chi connectivity index (χ4v) is 1.34. The highest BCUT2D eigenvalue weighted by atomic mass is 16.3. The number of pyridine rings is 1. The summed E-state index contributed by atoms with van der Waals surface area (Å²) in [5.41, 5.74) is 8.02. The zero-order chi connectivity index (χ0) is 10.7. The standard InChI is InChI=1S/C10H12N4O/c11-7(2-4-15)9-6-13-8-1-3-12-5-10(8)14-9/h1,3,5-7,15H,2,4,11H2. The van der Waals surface area contributed by atoms with Crippen LogP contribution in [0.1, 0.15) is 18.2 Å². The summed E-state index contributed by atoms with van der Waals surface area (Å²) in [7, 11) is 0. The molecule has 2 aromatic heterocycles. The van der Waals surface area contributed by atoms with Gasteiger partial charge in [-0.1, -0.05) is 0 Å². The summed E-state index contributed by atoms with van der Waals surface area (Å²) in [4.78, 5) is 12.5. The SMILES string of the molecule is NC(CCO)c1cnc2ccncc2n1. The number of hydrogen-bond acceptors (Lipinski definition) is 5. The van der Waals surface area contributed by atoms with E-state index in [4.69, 9.17) is 10.8 Å². The van der Waals surface area contributed by atoms with Gasteiger partial charge in [0.05, 0.1) is 29.6 Å². The number of aromatic nitrogens is 3. The molecule has 0 radical (unpaired) electrons. The smallest absolute Gasteiger partial charge is 0.107 e. The molecule has 2 heterocycles. The molecule has 5 nitrogen and oxygen atoms in total. The molecule has 5 heteroatoms. The first-order chi connectivity index (χ1) is 7.31. The molecular formula is C10H12N4O. The van der Waals surface area contributed by atoms with Crippen molar-refractivity contribution in [3.05, 3.63) is 30.4 Å². The minimum atomic E-state index is -0.271. The lowest BCUT2D eigenvalue weighted by Crippen LogP contribution is -2.14. The maximum atomic E-state index is 8.77. The van der Waals surface area contributed by atoms with E-state index in [0.29, 0.717) is 12.1 Å². The minimum absolute atomic E-state index is 0.0495. The van der Waals surface area contributed by atoms with Crippen LogP contribution >= 0.6 is 0 Å². The number of rotatable bonds is 3. The summed E-state index contributed by atoms with van der Waals surface area (Å²) in [5.74, 6) is 0. The second kappa shape index (κ2) is 4.29. The number of nitrogens with two attached hydrogens (primary N) is 1. The molecule has 1 unspecified atom stereocenters. The Bertz CT molecular complexity index is 460. The van der Waals surface area contributed by atoms with Gasteiger partial charge in [0.1, 0.15) is 5.52 Å². The molecule has 0 aliphatic carbocycles. The quantitative estimate of drug-likeness (QED) is 0.756. The van der Waals surface area contributed by atoms with Crippen LogP contribution in [0.3, 0.4) is 0 Å². The summed E-state index contributed by atoms with van der Waals surface area (Å²) < 4.78 is 0. The number of hydrogen-bond donors (Lipinski definition) is 2. The molecule has 2 rings (SSSR count). The Labute approximate surface area is 87.0 Å². The number of fused-ring (bicyclic) bond motifs is 1. The van der Waals surface area contributed by atoms with Crippen LogP contribution in [0.4, 0.5) is 0 Å². The lowest BCUT2D eigenvalue weighted by Gasteiger charge is -2.08. The van der Waals surface area contributed by atoms with Gasteiger partial charge in [0.15, 0.2) is 0 Å². The molecule has 15 heavy (non-hydrogen) atoms. The van der Waals surface area contributed by atoms with Crippen LogP contribution in [0, 0.1) is 0 Å². The fourth-order valence-electron chi connectivity index (χ4n) is 1.34. The van der Waals surface area contributed by atoms with Crippen molar-refractivity contribution in [3.8, 4) is 0 Å². The number of aliphatic hydroxyl groups is 1. The molecule has 0 saturated heterocycles. The summed E-state index contributed by atoms with van der Waals surface area (Å²) >= 11 is 0. The molecular weight excluding hydrogens is 192 g/mol. The van der Waals surface area contributed by atoms with Gasteiger partial charge in [0, 0.05) is 12.8 Å². The first-order valence-corrected chi connectivity index (χ1v) is 4.74. The average Bonchev–Trinajstić information content (AvgIpc) is 2.29. The van der Waals surface area contributed by atoms with E-state index < -0.39 is 0 Å². The van der Waals surface area contributed by atoms with Gasteiger partial charge < -0.3 is 10.8 Å². The molecule has 0 saturated carbocycles. The van der Waals surface area contributed by atoms with E-state index in [2.05, 4.69) is 15.0 Å². The van der Waals surface area contributed by atoms with Crippen molar-refractivity contribution >= 4 is 11.0 Å². The first kappa shape index (κ1) is 9.95. The Morgan fingerprint density at radius 2 is 2.20 bits per heavy atom. The molecule has 0 aliphatic rings. The monoisotopic (exact) mass is 204 g/mol. The molecule has 0 bridgehead atoms. The third-order valence-electron chi connectivity index (χ3n) is 2.18. The van der Waals surface area contributed by atoms with Gasteiger partial charge in [-0.05, 0) is 12.5 Å². The van der Waals surface area contributed by atoms with Gasteiger partial charge in [0.2, 0.25) is 0 Å². The van der Waals surface area contributed by atoms with Gasteiger partial charge >= 0.3 is 0 Å². The van der Waals surface area contributed by atoms with E-state index in [0.717, 1.165) is 11.0 Å². The van der Waals surface area contributed by atoms with Gasteiger partial charge in [0.25, 0.3) is 0 Å². The zero-order valence-electron chi connectivity index (χ0n) is 8.17. The van der Waals surface area contributed by atoms with Crippen molar-refractivity contribution in [3.63, 3.8) is 0 Å². The zero-order valence-corrected chi connectivity index (χ0v) is 8.17. The lowest BCUT2D eigenvalue weighted by molar-refractivity contribution is 0.275. The molecule has 78 valence electrons. The Kier molecular flexibility index (Phi) is 2.84. The molecule has 0 aromatic carbocycles. The largest absolute Gasteiger partial charge is 0.396 e. The Morgan fingerprint density at radius 3 is 3.00 bits per heavy atom.